The average Bonchev–Trinajstić information content (AvgIpc) is 3.01. The second-order valence-corrected chi connectivity index (χ2v) is 8.12. The zero-order valence-electron chi connectivity index (χ0n) is 16.8. The van der Waals surface area contributed by atoms with Crippen LogP contribution in [0.1, 0.15) is 45.7 Å². The lowest BCUT2D eigenvalue weighted by molar-refractivity contribution is 0.244. The first-order valence-electron chi connectivity index (χ1n) is 10.1. The molecule has 0 saturated heterocycles. The molecule has 5 heteroatoms. The van der Waals surface area contributed by atoms with Gasteiger partial charge < -0.3 is 4.57 Å². The van der Waals surface area contributed by atoms with Gasteiger partial charge in [-0.15, -0.1) is 0 Å². The van der Waals surface area contributed by atoms with Crippen molar-refractivity contribution < 1.29 is 0 Å². The smallest absolute Gasteiger partial charge is 0.0636 e. The maximum atomic E-state index is 4.42. The Labute approximate surface area is 166 Å². The van der Waals surface area contributed by atoms with Crippen LogP contribution >= 0.6 is 0 Å². The third kappa shape index (κ3) is 2.61. The minimum Gasteiger partial charge on any atom is -0.351 e. The van der Waals surface area contributed by atoms with Crippen molar-refractivity contribution in [2.75, 3.05) is 27.2 Å². The molecule has 0 fully saturated rings. The van der Waals surface area contributed by atoms with E-state index in [1.54, 1.807) is 0 Å². The number of fused-ring (bicyclic) bond motifs is 3. The van der Waals surface area contributed by atoms with Crippen LogP contribution < -0.4 is 0 Å². The predicted molar refractivity (Wildman–Crippen MR) is 110 cm³/mol. The molecule has 0 radical (unpaired) electrons. The van der Waals surface area contributed by atoms with E-state index >= 15 is 0 Å². The third-order valence-corrected chi connectivity index (χ3v) is 6.55. The summed E-state index contributed by atoms with van der Waals surface area (Å²) in [5, 5.41) is 0. The largest absolute Gasteiger partial charge is 0.351 e. The van der Waals surface area contributed by atoms with Crippen LogP contribution in [0.15, 0.2) is 49.1 Å². The number of hydrogen-bond donors (Lipinski definition) is 0. The monoisotopic (exact) mass is 373 g/mol. The first-order chi connectivity index (χ1) is 13.7. The second kappa shape index (κ2) is 6.83. The molecule has 3 aromatic heterocycles. The minimum absolute atomic E-state index is 0.248. The lowest BCUT2D eigenvalue weighted by atomic mass is 9.84. The number of aromatic nitrogens is 3. The molecule has 0 unspecified atom stereocenters. The number of hydrogen-bond acceptors (Lipinski definition) is 4. The van der Waals surface area contributed by atoms with E-state index in [-0.39, 0.29) is 12.1 Å². The van der Waals surface area contributed by atoms with Gasteiger partial charge >= 0.3 is 0 Å². The Bertz CT molecular complexity index is 900. The molecule has 3 aromatic rings. The predicted octanol–water partition coefficient (Wildman–Crippen LogP) is 2.97. The zero-order valence-corrected chi connectivity index (χ0v) is 16.8. The molecule has 2 atom stereocenters. The molecular formula is C23H27N5. The van der Waals surface area contributed by atoms with Crippen LogP contribution in [0.4, 0.5) is 0 Å². The minimum atomic E-state index is 0.248. The maximum absolute atomic E-state index is 4.42. The van der Waals surface area contributed by atoms with Gasteiger partial charge in [-0.25, -0.2) is 0 Å². The Morgan fingerprint density at radius 3 is 1.61 bits per heavy atom. The van der Waals surface area contributed by atoms with Crippen molar-refractivity contribution in [1.82, 2.24) is 24.3 Å². The Kier molecular flexibility index (Phi) is 4.29. The van der Waals surface area contributed by atoms with E-state index in [4.69, 9.17) is 0 Å². The summed E-state index contributed by atoms with van der Waals surface area (Å²) in [7, 11) is 6.74. The van der Waals surface area contributed by atoms with Crippen molar-refractivity contribution in [2.45, 2.75) is 24.9 Å². The molecular weight excluding hydrogens is 346 g/mol. The summed E-state index contributed by atoms with van der Waals surface area (Å²) >= 11 is 0. The van der Waals surface area contributed by atoms with Gasteiger partial charge in [0.25, 0.3) is 0 Å². The summed E-state index contributed by atoms with van der Waals surface area (Å²) < 4.78 is 2.48. The summed E-state index contributed by atoms with van der Waals surface area (Å²) in [4.78, 5) is 13.8. The van der Waals surface area contributed by atoms with E-state index in [0.717, 1.165) is 25.9 Å². The van der Waals surface area contributed by atoms with Crippen LogP contribution in [0.25, 0.3) is 0 Å². The molecule has 0 N–H and O–H groups in total. The van der Waals surface area contributed by atoms with E-state index < -0.39 is 0 Å². The Morgan fingerprint density at radius 2 is 1.21 bits per heavy atom. The fourth-order valence-electron chi connectivity index (χ4n) is 5.23. The van der Waals surface area contributed by atoms with Gasteiger partial charge in [0.15, 0.2) is 0 Å². The van der Waals surface area contributed by atoms with Gasteiger partial charge in [-0.2, -0.15) is 0 Å². The molecule has 2 aliphatic rings. The summed E-state index contributed by atoms with van der Waals surface area (Å²) in [5.41, 5.74) is 8.50. The molecule has 0 bridgehead atoms. The SMILES string of the molecule is CN1CCc2c(c3c(n2C)CCN(C)[C@@H]3c2cccnc2)[C@H]1c1cccnc1. The van der Waals surface area contributed by atoms with Crippen LogP contribution in [0.2, 0.25) is 0 Å². The molecule has 0 aliphatic carbocycles. The lowest BCUT2D eigenvalue weighted by Gasteiger charge is -2.38. The zero-order chi connectivity index (χ0) is 19.3. The van der Waals surface area contributed by atoms with Crippen molar-refractivity contribution in [1.29, 1.82) is 0 Å². The van der Waals surface area contributed by atoms with Crippen LogP contribution in [-0.2, 0) is 19.9 Å². The highest BCUT2D eigenvalue weighted by Crippen LogP contribution is 2.46. The van der Waals surface area contributed by atoms with Gasteiger partial charge in [0, 0.05) is 80.3 Å². The Hall–Kier alpha value is -2.50. The van der Waals surface area contributed by atoms with Crippen molar-refractivity contribution in [2.24, 2.45) is 7.05 Å². The Morgan fingerprint density at radius 1 is 0.750 bits per heavy atom. The van der Waals surface area contributed by atoms with Crippen molar-refractivity contribution in [3.63, 3.8) is 0 Å². The fraction of sp³-hybridized carbons (Fsp3) is 0.391. The first-order valence-corrected chi connectivity index (χ1v) is 10.1. The maximum Gasteiger partial charge on any atom is 0.0636 e. The number of likely N-dealkylation sites (N-methyl/N-ethyl adjacent to an activating group) is 2. The van der Waals surface area contributed by atoms with Gasteiger partial charge in [-0.3, -0.25) is 19.8 Å². The van der Waals surface area contributed by atoms with Crippen LogP contribution in [0.5, 0.6) is 0 Å². The average molecular weight is 374 g/mol. The van der Waals surface area contributed by atoms with E-state index in [1.165, 1.54) is 33.6 Å². The number of nitrogens with zero attached hydrogens (tertiary/aromatic N) is 5. The fourth-order valence-corrected chi connectivity index (χ4v) is 5.23. The lowest BCUT2D eigenvalue weighted by Crippen LogP contribution is -2.36. The van der Waals surface area contributed by atoms with Crippen molar-refractivity contribution in [3.05, 3.63) is 82.7 Å². The highest BCUT2D eigenvalue weighted by molar-refractivity contribution is 5.51. The molecule has 0 spiro atoms. The van der Waals surface area contributed by atoms with Gasteiger partial charge in [0.1, 0.15) is 0 Å². The number of rotatable bonds is 2. The normalized spacial score (nSPS) is 22.7. The molecule has 0 amide bonds. The summed E-state index contributed by atoms with van der Waals surface area (Å²) in [6.45, 7) is 2.13. The second-order valence-electron chi connectivity index (χ2n) is 8.12. The van der Waals surface area contributed by atoms with E-state index in [0.29, 0.717) is 0 Å². The molecule has 5 rings (SSSR count). The number of pyridine rings is 2. The summed E-state index contributed by atoms with van der Waals surface area (Å²) in [5.74, 6) is 0. The highest BCUT2D eigenvalue weighted by Gasteiger charge is 2.39. The molecule has 28 heavy (non-hydrogen) atoms. The molecule has 2 aliphatic heterocycles. The van der Waals surface area contributed by atoms with Crippen molar-refractivity contribution >= 4 is 0 Å². The van der Waals surface area contributed by atoms with Crippen LogP contribution in [-0.4, -0.2) is 51.5 Å². The van der Waals surface area contributed by atoms with Crippen LogP contribution in [0, 0.1) is 0 Å². The van der Waals surface area contributed by atoms with Gasteiger partial charge in [-0.1, -0.05) is 12.1 Å². The van der Waals surface area contributed by atoms with Crippen LogP contribution in [0.3, 0.4) is 0 Å². The molecule has 0 aromatic carbocycles. The molecule has 5 heterocycles. The van der Waals surface area contributed by atoms with E-state index in [2.05, 4.69) is 69.7 Å². The van der Waals surface area contributed by atoms with Crippen molar-refractivity contribution in [3.8, 4) is 0 Å². The summed E-state index contributed by atoms with van der Waals surface area (Å²) in [6.07, 6.45) is 9.97. The molecule has 144 valence electrons. The molecule has 5 nitrogen and oxygen atoms in total. The van der Waals surface area contributed by atoms with Gasteiger partial charge in [-0.05, 0) is 37.4 Å². The Balaban J connectivity index is 1.76. The van der Waals surface area contributed by atoms with E-state index in [9.17, 15) is 0 Å². The third-order valence-electron chi connectivity index (χ3n) is 6.55. The standard InChI is InChI=1S/C23H27N5/c1-26-12-8-18-20(22(26)16-6-4-10-24-14-16)21-19(28(18)3)9-13-27(2)23(21)17-7-5-11-25-15-17/h4-7,10-11,14-15,22-23H,8-9,12-13H2,1-3H3/t22-,23-/m1/s1. The summed E-state index contributed by atoms with van der Waals surface area (Å²) in [6, 6.07) is 9.04. The topological polar surface area (TPSA) is 37.2 Å². The van der Waals surface area contributed by atoms with Gasteiger partial charge in [0.2, 0.25) is 0 Å². The quantitative estimate of drug-likeness (QED) is 0.692. The first kappa shape index (κ1) is 17.6. The molecule has 0 saturated carbocycles. The van der Waals surface area contributed by atoms with Gasteiger partial charge in [0.05, 0.1) is 12.1 Å². The van der Waals surface area contributed by atoms with E-state index in [1.807, 2.05) is 24.8 Å². The highest BCUT2D eigenvalue weighted by atomic mass is 15.2.